The first-order valence-electron chi connectivity index (χ1n) is 12.0. The van der Waals surface area contributed by atoms with Crippen LogP contribution in [0, 0.1) is 0 Å². The van der Waals surface area contributed by atoms with Crippen molar-refractivity contribution >= 4 is 23.9 Å². The summed E-state index contributed by atoms with van der Waals surface area (Å²) < 4.78 is 33.6. The highest BCUT2D eigenvalue weighted by Crippen LogP contribution is 2.09. The molecule has 1 N–H and O–H groups in total. The van der Waals surface area contributed by atoms with E-state index in [9.17, 15) is 14.4 Å². The van der Waals surface area contributed by atoms with Crippen molar-refractivity contribution in [2.24, 2.45) is 4.99 Å². The van der Waals surface area contributed by atoms with E-state index in [-0.39, 0.29) is 6.42 Å². The van der Waals surface area contributed by atoms with Crippen LogP contribution < -0.4 is 5.32 Å². The molecule has 0 aromatic rings. The molecule has 1 atom stereocenters. The maximum atomic E-state index is 12.5. The Morgan fingerprint density at radius 2 is 1.81 bits per heavy atom. The fourth-order valence-electron chi connectivity index (χ4n) is 2.32. The van der Waals surface area contributed by atoms with Crippen LogP contribution in [0.5, 0.6) is 0 Å². The lowest BCUT2D eigenvalue weighted by atomic mass is 10.1. The summed E-state index contributed by atoms with van der Waals surface area (Å²) in [6.07, 6.45) is 6.93. The van der Waals surface area contributed by atoms with Gasteiger partial charge in [-0.15, -0.1) is 11.6 Å². The van der Waals surface area contributed by atoms with Gasteiger partial charge in [-0.2, -0.15) is 0 Å². The van der Waals surface area contributed by atoms with Gasteiger partial charge in [0, 0.05) is 17.5 Å². The van der Waals surface area contributed by atoms with E-state index < -0.39 is 49.2 Å². The number of aliphatic imine (C=N–C) groups is 1. The summed E-state index contributed by atoms with van der Waals surface area (Å²) in [5, 5.41) is 2.36. The summed E-state index contributed by atoms with van der Waals surface area (Å²) >= 11 is 0. The molecule has 0 rings (SSSR count). The molecule has 8 nitrogen and oxygen atoms in total. The van der Waals surface area contributed by atoms with Crippen molar-refractivity contribution in [1.82, 2.24) is 10.2 Å². The topological polar surface area (TPSA) is 97.3 Å². The van der Waals surface area contributed by atoms with E-state index in [1.165, 1.54) is 6.08 Å². The first-order valence-corrected chi connectivity index (χ1v) is 10.5. The molecule has 1 unspecified atom stereocenters. The Morgan fingerprint density at radius 1 is 1.16 bits per heavy atom. The van der Waals surface area contributed by atoms with E-state index in [1.807, 2.05) is 6.08 Å². The van der Waals surface area contributed by atoms with E-state index >= 15 is 0 Å². The smallest absolute Gasteiger partial charge is 0.437 e. The third kappa shape index (κ3) is 15.8. The molecule has 0 aromatic heterocycles. The fraction of sp³-hybridized carbons (Fsp3) is 0.652. The molecule has 0 radical (unpaired) electrons. The Hall–Kier alpha value is -2.64. The number of likely N-dealkylation sites (N-methyl/N-ethyl adjacent to an activating group) is 1. The first kappa shape index (κ1) is 23.0. The van der Waals surface area contributed by atoms with Crippen LogP contribution in [-0.2, 0) is 19.1 Å². The minimum atomic E-state index is -2.91. The van der Waals surface area contributed by atoms with E-state index in [0.29, 0.717) is 11.3 Å². The van der Waals surface area contributed by atoms with Gasteiger partial charge in [0.15, 0.2) is 0 Å². The van der Waals surface area contributed by atoms with Gasteiger partial charge < -0.3 is 14.4 Å². The third-order valence-electron chi connectivity index (χ3n) is 3.85. The minimum Gasteiger partial charge on any atom is -0.457 e. The zero-order valence-electron chi connectivity index (χ0n) is 22.2. The molecule has 0 saturated carbocycles. The second-order valence-corrected chi connectivity index (χ2v) is 8.08. The van der Waals surface area contributed by atoms with Crippen molar-refractivity contribution in [3.05, 3.63) is 25.3 Å². The van der Waals surface area contributed by atoms with Crippen molar-refractivity contribution in [3.63, 3.8) is 0 Å². The summed E-state index contributed by atoms with van der Waals surface area (Å²) in [6, 6.07) is 0. The molecule has 0 fully saturated rings. The quantitative estimate of drug-likeness (QED) is 0.159. The molecule has 0 heterocycles. The highest BCUT2D eigenvalue weighted by atomic mass is 16.6. The van der Waals surface area contributed by atoms with Crippen molar-refractivity contribution in [2.75, 3.05) is 13.5 Å². The number of esters is 1. The van der Waals surface area contributed by atoms with Crippen molar-refractivity contribution in [2.45, 2.75) is 84.3 Å². The number of unbranched alkanes of at least 4 members (excludes halogenated alkanes) is 5. The van der Waals surface area contributed by atoms with Crippen molar-refractivity contribution in [1.29, 1.82) is 0 Å². The molecule has 0 spiro atoms. The molecule has 0 aromatic carbocycles. The van der Waals surface area contributed by atoms with Crippen LogP contribution in [0.15, 0.2) is 30.3 Å². The number of nitrogens with one attached hydrogen (secondary N) is 1. The van der Waals surface area contributed by atoms with Gasteiger partial charge in [-0.05, 0) is 47.0 Å². The molecule has 0 aliphatic carbocycles. The molecular weight excluding hydrogens is 398 g/mol. The largest absolute Gasteiger partial charge is 0.457 e. The lowest BCUT2D eigenvalue weighted by molar-refractivity contribution is -0.146. The highest BCUT2D eigenvalue weighted by molar-refractivity contribution is 6.01. The number of hydrogen-bond acceptors (Lipinski definition) is 5. The molecule has 8 heteroatoms. The van der Waals surface area contributed by atoms with E-state index in [1.54, 1.807) is 27.7 Å². The Bertz CT molecular complexity index is 730. The molecule has 0 saturated heterocycles. The van der Waals surface area contributed by atoms with Crippen molar-refractivity contribution in [3.8, 4) is 0 Å². The fourth-order valence-corrected chi connectivity index (χ4v) is 2.32. The van der Waals surface area contributed by atoms with Crippen LogP contribution in [0.4, 0.5) is 4.79 Å². The van der Waals surface area contributed by atoms with Crippen LogP contribution in [-0.4, -0.2) is 54.1 Å². The number of nitrogens with zero attached hydrogens (tertiary/aromatic N) is 2. The monoisotopic (exact) mass is 440 g/mol. The molecule has 2 amide bonds. The number of amides is 2. The Labute approximate surface area is 191 Å². The SMILES string of the molecule is [2H]C([2H])([2H])N(CC(=O)OC(C)C=C)C(=NC(=O)OC(C)(C)C)NC(=O)CCCCCCCC=C. The number of allylic oxidation sites excluding steroid dienone is 1. The highest BCUT2D eigenvalue weighted by Gasteiger charge is 2.20. The maximum Gasteiger partial charge on any atom is 0.437 e. The first-order chi connectivity index (χ1) is 15.7. The lowest BCUT2D eigenvalue weighted by Crippen LogP contribution is -2.45. The summed E-state index contributed by atoms with van der Waals surface area (Å²) in [5.41, 5.74) is -0.898. The van der Waals surface area contributed by atoms with Gasteiger partial charge in [0.1, 0.15) is 18.2 Å². The zero-order valence-corrected chi connectivity index (χ0v) is 19.2. The lowest BCUT2D eigenvalue weighted by Gasteiger charge is -2.22. The predicted molar refractivity (Wildman–Crippen MR) is 123 cm³/mol. The predicted octanol–water partition coefficient (Wildman–Crippen LogP) is 4.36. The molecule has 31 heavy (non-hydrogen) atoms. The zero-order chi connectivity index (χ0) is 26.4. The van der Waals surface area contributed by atoms with Gasteiger partial charge in [-0.1, -0.05) is 38.0 Å². The van der Waals surface area contributed by atoms with Crippen molar-refractivity contribution < 1.29 is 28.0 Å². The Kier molecular flexibility index (Phi) is 11.3. The summed E-state index contributed by atoms with van der Waals surface area (Å²) in [6.45, 7) is 9.89. The average Bonchev–Trinajstić information content (AvgIpc) is 2.68. The Balaban J connectivity index is 5.49. The standard InChI is InChI=1S/C23H39N3O5/c1-8-10-11-12-13-14-15-16-19(27)24-21(25-22(29)31-23(4,5)6)26(7)17-20(28)30-18(3)9-2/h8-9,18H,1-2,10-17H2,3-7H3,(H,24,25,27,29)/i7D3. The van der Waals surface area contributed by atoms with E-state index in [2.05, 4.69) is 23.5 Å². The van der Waals surface area contributed by atoms with Gasteiger partial charge in [-0.3, -0.25) is 14.9 Å². The molecular formula is C23H39N3O5. The van der Waals surface area contributed by atoms with E-state index in [4.69, 9.17) is 13.6 Å². The van der Waals surface area contributed by atoms with Gasteiger partial charge >= 0.3 is 12.1 Å². The molecule has 0 aliphatic heterocycles. The minimum absolute atomic E-state index is 0.0988. The van der Waals surface area contributed by atoms with Gasteiger partial charge in [0.05, 0.1) is 0 Å². The summed E-state index contributed by atoms with van der Waals surface area (Å²) in [4.78, 5) is 41.2. The van der Waals surface area contributed by atoms with Crippen LogP contribution in [0.3, 0.4) is 0 Å². The number of ether oxygens (including phenoxy) is 2. The average molecular weight is 441 g/mol. The second kappa shape index (κ2) is 15.2. The van der Waals surface area contributed by atoms with Crippen LogP contribution in [0.25, 0.3) is 0 Å². The van der Waals surface area contributed by atoms with Gasteiger partial charge in [0.2, 0.25) is 11.9 Å². The second-order valence-electron chi connectivity index (χ2n) is 8.08. The van der Waals surface area contributed by atoms with Crippen LogP contribution >= 0.6 is 0 Å². The van der Waals surface area contributed by atoms with E-state index in [0.717, 1.165) is 32.1 Å². The number of guanidine groups is 1. The maximum absolute atomic E-state index is 12.5. The normalized spacial score (nSPS) is 14.3. The number of carbonyl (C=O) groups excluding carboxylic acids is 3. The number of hydrogen-bond donors (Lipinski definition) is 1. The molecule has 176 valence electrons. The van der Waals surface area contributed by atoms with Crippen LogP contribution in [0.1, 0.15) is 76.8 Å². The molecule has 0 bridgehead atoms. The van der Waals surface area contributed by atoms with Gasteiger partial charge in [-0.25, -0.2) is 4.79 Å². The number of carbonyl (C=O) groups is 3. The Morgan fingerprint density at radius 3 is 2.39 bits per heavy atom. The third-order valence-corrected chi connectivity index (χ3v) is 3.85. The van der Waals surface area contributed by atoms with Gasteiger partial charge in [0.25, 0.3) is 0 Å². The van der Waals surface area contributed by atoms with Crippen LogP contribution in [0.2, 0.25) is 0 Å². The summed E-state index contributed by atoms with van der Waals surface area (Å²) in [5.74, 6) is -2.03. The number of rotatable bonds is 12. The summed E-state index contributed by atoms with van der Waals surface area (Å²) in [7, 11) is 0. The molecule has 0 aliphatic rings.